The number of fused-ring (bicyclic) bond motifs is 2. The van der Waals surface area contributed by atoms with Crippen LogP contribution in [0.3, 0.4) is 0 Å². The summed E-state index contributed by atoms with van der Waals surface area (Å²) in [5.74, 6) is 2.43. The van der Waals surface area contributed by atoms with Gasteiger partial charge in [-0.15, -0.1) is 0 Å². The molecule has 2 aliphatic rings. The highest BCUT2D eigenvalue weighted by Crippen LogP contribution is 2.38. The lowest BCUT2D eigenvalue weighted by molar-refractivity contribution is 0.174. The van der Waals surface area contributed by atoms with E-state index < -0.39 is 0 Å². The van der Waals surface area contributed by atoms with E-state index in [4.69, 9.17) is 18.9 Å². The van der Waals surface area contributed by atoms with Crippen molar-refractivity contribution >= 4 is 17.1 Å². The Labute approximate surface area is 144 Å². The number of hydrogen-bond acceptors (Lipinski definition) is 5. The van der Waals surface area contributed by atoms with Crippen LogP contribution >= 0.6 is 0 Å². The van der Waals surface area contributed by atoms with E-state index in [-0.39, 0.29) is 12.8 Å². The van der Waals surface area contributed by atoms with Gasteiger partial charge in [0.05, 0.1) is 29.4 Å². The Hall–Kier alpha value is -3.21. The molecule has 3 heterocycles. The van der Waals surface area contributed by atoms with Gasteiger partial charge >= 0.3 is 0 Å². The Morgan fingerprint density at radius 1 is 0.960 bits per heavy atom. The Kier molecular flexibility index (Phi) is 3.23. The predicted molar refractivity (Wildman–Crippen MR) is 94.9 cm³/mol. The van der Waals surface area contributed by atoms with Gasteiger partial charge in [0.15, 0.2) is 11.5 Å². The number of nitrogens with one attached hydrogen (secondary N) is 1. The highest BCUT2D eigenvalue weighted by molar-refractivity contribution is 6.04. The highest BCUT2D eigenvalue weighted by atomic mass is 16.7. The molecule has 1 N–H and O–H groups in total. The molecule has 124 valence electrons. The number of para-hydroxylation sites is 2. The number of anilines is 1. The normalized spacial score (nSPS) is 18.1. The first-order chi connectivity index (χ1) is 12.4. The maximum atomic E-state index is 5.64. The molecule has 1 atom stereocenters. The van der Waals surface area contributed by atoms with Crippen molar-refractivity contribution < 1.29 is 13.9 Å². The Bertz CT molecular complexity index is 947. The van der Waals surface area contributed by atoms with Gasteiger partial charge in [-0.2, -0.15) is 0 Å². The molecule has 0 spiro atoms. The molecule has 1 aromatic heterocycles. The average molecular weight is 332 g/mol. The summed E-state index contributed by atoms with van der Waals surface area (Å²) in [7, 11) is 0. The van der Waals surface area contributed by atoms with Gasteiger partial charge in [-0.05, 0) is 48.0 Å². The maximum Gasteiger partial charge on any atom is 0.231 e. The second-order valence-electron chi connectivity index (χ2n) is 6.06. The molecule has 3 aromatic rings. The van der Waals surface area contributed by atoms with Crippen molar-refractivity contribution in [2.24, 2.45) is 4.99 Å². The van der Waals surface area contributed by atoms with Gasteiger partial charge < -0.3 is 19.2 Å². The molecular formula is C20H16N2O3. The van der Waals surface area contributed by atoms with E-state index >= 15 is 0 Å². The molecule has 25 heavy (non-hydrogen) atoms. The second-order valence-corrected chi connectivity index (χ2v) is 6.06. The Morgan fingerprint density at radius 2 is 1.88 bits per heavy atom. The van der Waals surface area contributed by atoms with E-state index in [0.29, 0.717) is 6.42 Å². The van der Waals surface area contributed by atoms with E-state index in [2.05, 4.69) is 5.32 Å². The lowest BCUT2D eigenvalue weighted by Gasteiger charge is -2.16. The van der Waals surface area contributed by atoms with E-state index in [9.17, 15) is 0 Å². The Morgan fingerprint density at radius 3 is 2.80 bits per heavy atom. The number of furan rings is 1. The van der Waals surface area contributed by atoms with Crippen LogP contribution in [-0.2, 0) is 0 Å². The molecule has 1 unspecified atom stereocenters. The minimum Gasteiger partial charge on any atom is -0.467 e. The largest absolute Gasteiger partial charge is 0.467 e. The molecule has 0 radical (unpaired) electrons. The summed E-state index contributed by atoms with van der Waals surface area (Å²) in [6.07, 6.45) is 2.41. The first-order valence-electron chi connectivity index (χ1n) is 8.23. The molecule has 5 heteroatoms. The summed E-state index contributed by atoms with van der Waals surface area (Å²) in [4.78, 5) is 4.91. The van der Waals surface area contributed by atoms with Gasteiger partial charge in [0.2, 0.25) is 6.79 Å². The van der Waals surface area contributed by atoms with E-state index in [1.165, 1.54) is 0 Å². The predicted octanol–water partition coefficient (Wildman–Crippen LogP) is 4.69. The summed E-state index contributed by atoms with van der Waals surface area (Å²) >= 11 is 0. The minimum absolute atomic E-state index is 0.0165. The zero-order valence-corrected chi connectivity index (χ0v) is 13.4. The minimum atomic E-state index is 0.0165. The van der Waals surface area contributed by atoms with Gasteiger partial charge in [0.1, 0.15) is 5.76 Å². The first kappa shape index (κ1) is 14.2. The fourth-order valence-corrected chi connectivity index (χ4v) is 3.24. The smallest absolute Gasteiger partial charge is 0.231 e. The van der Waals surface area contributed by atoms with E-state index in [0.717, 1.165) is 39.9 Å². The number of aliphatic imine (C=N–C) groups is 1. The summed E-state index contributed by atoms with van der Waals surface area (Å²) in [6, 6.07) is 17.9. The first-order valence-corrected chi connectivity index (χ1v) is 8.23. The van der Waals surface area contributed by atoms with Crippen LogP contribution in [-0.4, -0.2) is 12.5 Å². The SMILES string of the molecule is c1coc(C2CC(c3ccc4c(c3)OCO4)=Nc3ccccc3N2)c1. The molecule has 2 aromatic carbocycles. The quantitative estimate of drug-likeness (QED) is 0.740. The van der Waals surface area contributed by atoms with E-state index in [1.54, 1.807) is 6.26 Å². The van der Waals surface area contributed by atoms with Crippen LogP contribution in [0, 0.1) is 0 Å². The zero-order valence-electron chi connectivity index (χ0n) is 13.4. The molecule has 0 aliphatic carbocycles. The molecule has 0 bridgehead atoms. The third-order valence-electron chi connectivity index (χ3n) is 4.48. The number of ether oxygens (including phenoxy) is 2. The molecule has 0 fully saturated rings. The zero-order chi connectivity index (χ0) is 16.6. The third-order valence-corrected chi connectivity index (χ3v) is 4.48. The standard InChI is InChI=1S/C20H16N2O3/c1-2-5-15-14(4-1)21-16(11-17(22-15)18-6-3-9-23-18)13-7-8-19-20(10-13)25-12-24-19/h1-10,17,22H,11-12H2. The average Bonchev–Trinajstić information content (AvgIpc) is 3.29. The highest BCUT2D eigenvalue weighted by Gasteiger charge is 2.24. The fraction of sp³-hybridized carbons (Fsp3) is 0.150. The number of nitrogens with zero attached hydrogens (tertiary/aromatic N) is 1. The molecule has 5 nitrogen and oxygen atoms in total. The van der Waals surface area contributed by atoms with Crippen LogP contribution in [0.1, 0.15) is 23.8 Å². The van der Waals surface area contributed by atoms with Crippen LogP contribution in [0.5, 0.6) is 11.5 Å². The third kappa shape index (κ3) is 2.54. The number of benzene rings is 2. The van der Waals surface area contributed by atoms with Crippen molar-refractivity contribution in [2.45, 2.75) is 12.5 Å². The molecule has 5 rings (SSSR count). The number of rotatable bonds is 2. The summed E-state index contributed by atoms with van der Waals surface area (Å²) in [5.41, 5.74) is 3.93. The van der Waals surface area contributed by atoms with Crippen molar-refractivity contribution in [1.82, 2.24) is 0 Å². The molecule has 0 amide bonds. The Balaban J connectivity index is 1.60. The number of hydrogen-bond donors (Lipinski definition) is 1. The van der Waals surface area contributed by atoms with Crippen molar-refractivity contribution in [1.29, 1.82) is 0 Å². The molecule has 2 aliphatic heterocycles. The van der Waals surface area contributed by atoms with Crippen LogP contribution in [0.15, 0.2) is 70.3 Å². The van der Waals surface area contributed by atoms with E-state index in [1.807, 2.05) is 54.6 Å². The van der Waals surface area contributed by atoms with Crippen molar-refractivity contribution in [3.05, 3.63) is 72.2 Å². The van der Waals surface area contributed by atoms with Crippen LogP contribution < -0.4 is 14.8 Å². The van der Waals surface area contributed by atoms with Crippen molar-refractivity contribution in [3.8, 4) is 11.5 Å². The maximum absolute atomic E-state index is 5.64. The van der Waals surface area contributed by atoms with Crippen molar-refractivity contribution in [3.63, 3.8) is 0 Å². The molecule has 0 saturated heterocycles. The summed E-state index contributed by atoms with van der Waals surface area (Å²) in [6.45, 7) is 0.269. The van der Waals surface area contributed by atoms with Crippen LogP contribution in [0.2, 0.25) is 0 Å². The fourth-order valence-electron chi connectivity index (χ4n) is 3.24. The lowest BCUT2D eigenvalue weighted by Crippen LogP contribution is -2.13. The van der Waals surface area contributed by atoms with Gasteiger partial charge in [-0.3, -0.25) is 4.99 Å². The van der Waals surface area contributed by atoms with Gasteiger partial charge in [0, 0.05) is 6.42 Å². The van der Waals surface area contributed by atoms with Crippen LogP contribution in [0.25, 0.3) is 0 Å². The monoisotopic (exact) mass is 332 g/mol. The van der Waals surface area contributed by atoms with Gasteiger partial charge in [-0.1, -0.05) is 12.1 Å². The second kappa shape index (κ2) is 5.70. The summed E-state index contributed by atoms with van der Waals surface area (Å²) < 4.78 is 16.6. The van der Waals surface area contributed by atoms with Gasteiger partial charge in [0.25, 0.3) is 0 Å². The van der Waals surface area contributed by atoms with Crippen molar-refractivity contribution in [2.75, 3.05) is 12.1 Å². The summed E-state index contributed by atoms with van der Waals surface area (Å²) in [5, 5.41) is 3.55. The lowest BCUT2D eigenvalue weighted by atomic mass is 10.0. The van der Waals surface area contributed by atoms with Crippen LogP contribution in [0.4, 0.5) is 11.4 Å². The molecular weight excluding hydrogens is 316 g/mol. The van der Waals surface area contributed by atoms with Gasteiger partial charge in [-0.25, -0.2) is 0 Å². The molecule has 0 saturated carbocycles. The topological polar surface area (TPSA) is 56.0 Å².